The Morgan fingerprint density at radius 2 is 1.60 bits per heavy atom. The number of rotatable bonds is 14. The largest absolute Gasteiger partial charge is 0.354 e. The van der Waals surface area contributed by atoms with Crippen LogP contribution in [-0.4, -0.2) is 50.5 Å². The lowest BCUT2D eigenvalue weighted by Crippen LogP contribution is -2.50. The maximum Gasteiger partial charge on any atom is 0.243 e. The van der Waals surface area contributed by atoms with Crippen LogP contribution in [-0.2, 0) is 32.6 Å². The quantitative estimate of drug-likeness (QED) is 0.281. The van der Waals surface area contributed by atoms with Crippen LogP contribution in [0.5, 0.6) is 0 Å². The predicted octanol–water partition coefficient (Wildman–Crippen LogP) is 5.19. The van der Waals surface area contributed by atoms with E-state index in [2.05, 4.69) is 5.32 Å². The van der Waals surface area contributed by atoms with Gasteiger partial charge < -0.3 is 10.2 Å². The molecule has 0 aromatic heterocycles. The number of hydrogen-bond acceptors (Lipinski definition) is 4. The third-order valence-corrected chi connectivity index (χ3v) is 7.79. The van der Waals surface area contributed by atoms with E-state index in [0.717, 1.165) is 28.1 Å². The molecule has 3 aromatic carbocycles. The van der Waals surface area contributed by atoms with Gasteiger partial charge in [-0.15, -0.1) is 0 Å². The van der Waals surface area contributed by atoms with Gasteiger partial charge in [-0.1, -0.05) is 73.1 Å². The Bertz CT molecular complexity index is 1370. The van der Waals surface area contributed by atoms with Gasteiger partial charge in [-0.3, -0.25) is 13.9 Å². The van der Waals surface area contributed by atoms with Crippen LogP contribution in [0.4, 0.5) is 10.1 Å². The molecule has 0 heterocycles. The average Bonchev–Trinajstić information content (AvgIpc) is 2.93. The lowest BCUT2D eigenvalue weighted by Gasteiger charge is -2.32. The van der Waals surface area contributed by atoms with Crippen molar-refractivity contribution in [1.82, 2.24) is 10.2 Å². The molecule has 1 N–H and O–H groups in total. The highest BCUT2D eigenvalue weighted by atomic mass is 35.5. The van der Waals surface area contributed by atoms with Gasteiger partial charge in [-0.2, -0.15) is 0 Å². The summed E-state index contributed by atoms with van der Waals surface area (Å²) in [7, 11) is -3.80. The van der Waals surface area contributed by atoms with Crippen LogP contribution in [0.1, 0.15) is 37.3 Å². The van der Waals surface area contributed by atoms with Crippen LogP contribution >= 0.6 is 11.6 Å². The second-order valence-corrected chi connectivity index (χ2v) is 11.9. The molecule has 0 saturated carbocycles. The third kappa shape index (κ3) is 9.06. The molecule has 3 aromatic rings. The van der Waals surface area contributed by atoms with Crippen LogP contribution < -0.4 is 9.62 Å². The Morgan fingerprint density at radius 1 is 0.950 bits per heavy atom. The number of halogens is 2. The first-order chi connectivity index (χ1) is 19.1. The Labute approximate surface area is 241 Å². The van der Waals surface area contributed by atoms with Crippen LogP contribution in [0.3, 0.4) is 0 Å². The first-order valence-electron chi connectivity index (χ1n) is 13.2. The first kappa shape index (κ1) is 31.1. The van der Waals surface area contributed by atoms with Crippen molar-refractivity contribution in [2.24, 2.45) is 0 Å². The first-order valence-corrected chi connectivity index (χ1v) is 15.4. The van der Waals surface area contributed by atoms with E-state index in [1.807, 2.05) is 37.3 Å². The van der Waals surface area contributed by atoms with Crippen LogP contribution in [0.25, 0.3) is 0 Å². The summed E-state index contributed by atoms with van der Waals surface area (Å²) < 4.78 is 40.3. The number of hydrogen-bond donors (Lipinski definition) is 1. The van der Waals surface area contributed by atoms with Crippen molar-refractivity contribution in [3.05, 3.63) is 101 Å². The summed E-state index contributed by atoms with van der Waals surface area (Å²) in [5.74, 6) is -1.25. The molecule has 0 spiro atoms. The molecule has 0 aliphatic heterocycles. The van der Waals surface area contributed by atoms with Crippen molar-refractivity contribution in [2.45, 2.75) is 45.2 Å². The van der Waals surface area contributed by atoms with Crippen LogP contribution in [0.2, 0.25) is 5.02 Å². The number of benzene rings is 3. The zero-order chi connectivity index (χ0) is 29.1. The topological polar surface area (TPSA) is 86.8 Å². The van der Waals surface area contributed by atoms with Gasteiger partial charge in [0, 0.05) is 37.5 Å². The highest BCUT2D eigenvalue weighted by molar-refractivity contribution is 7.92. The smallest absolute Gasteiger partial charge is 0.243 e. The lowest BCUT2D eigenvalue weighted by atomic mass is 10.0. The van der Waals surface area contributed by atoms with E-state index < -0.39 is 21.9 Å². The molecule has 0 saturated heterocycles. The molecule has 10 heteroatoms. The molecule has 7 nitrogen and oxygen atoms in total. The molecule has 3 rings (SSSR count). The van der Waals surface area contributed by atoms with Gasteiger partial charge in [-0.05, 0) is 48.2 Å². The van der Waals surface area contributed by atoms with E-state index in [1.54, 1.807) is 30.3 Å². The van der Waals surface area contributed by atoms with E-state index in [-0.39, 0.29) is 43.4 Å². The number of amides is 2. The fraction of sp³-hybridized carbons (Fsp3) is 0.333. The van der Waals surface area contributed by atoms with Crippen LogP contribution in [0.15, 0.2) is 78.9 Å². The van der Waals surface area contributed by atoms with Gasteiger partial charge in [0.25, 0.3) is 0 Å². The van der Waals surface area contributed by atoms with Crippen molar-refractivity contribution in [2.75, 3.05) is 23.7 Å². The molecular weight excluding hydrogens is 553 g/mol. The molecular formula is C30H35ClFN3O4S. The summed E-state index contributed by atoms with van der Waals surface area (Å²) in [6.45, 7) is 2.49. The third-order valence-electron chi connectivity index (χ3n) is 6.36. The lowest BCUT2D eigenvalue weighted by molar-refractivity contribution is -0.141. The van der Waals surface area contributed by atoms with Crippen molar-refractivity contribution >= 4 is 39.1 Å². The van der Waals surface area contributed by atoms with Crippen molar-refractivity contribution in [1.29, 1.82) is 0 Å². The minimum Gasteiger partial charge on any atom is -0.354 e. The Balaban J connectivity index is 1.87. The SMILES string of the molecule is CCCNC(=O)[C@@H](Cc1ccccc1)N(Cc1ccc(Cl)cc1)C(=O)CCCN(c1ccccc1F)S(C)(=O)=O. The van der Waals surface area contributed by atoms with E-state index in [0.29, 0.717) is 18.0 Å². The molecule has 0 aliphatic rings. The summed E-state index contributed by atoms with van der Waals surface area (Å²) in [4.78, 5) is 28.7. The zero-order valence-corrected chi connectivity index (χ0v) is 24.3. The predicted molar refractivity (Wildman–Crippen MR) is 157 cm³/mol. The number of carbonyl (C=O) groups is 2. The average molecular weight is 588 g/mol. The summed E-state index contributed by atoms with van der Waals surface area (Å²) in [6, 6.07) is 21.3. The van der Waals surface area contributed by atoms with Gasteiger partial charge in [0.1, 0.15) is 11.9 Å². The van der Waals surface area contributed by atoms with Crippen molar-refractivity contribution in [3.63, 3.8) is 0 Å². The van der Waals surface area contributed by atoms with Gasteiger partial charge in [0.15, 0.2) is 0 Å². The number of carbonyl (C=O) groups excluding carboxylic acids is 2. The Hall–Kier alpha value is -3.43. The molecule has 0 radical (unpaired) electrons. The Morgan fingerprint density at radius 3 is 2.23 bits per heavy atom. The van der Waals surface area contributed by atoms with E-state index >= 15 is 0 Å². The van der Waals surface area contributed by atoms with Crippen molar-refractivity contribution in [3.8, 4) is 0 Å². The number of nitrogens with one attached hydrogen (secondary N) is 1. The van der Waals surface area contributed by atoms with E-state index in [1.165, 1.54) is 23.1 Å². The minimum absolute atomic E-state index is 0.0413. The Kier molecular flexibility index (Phi) is 11.5. The molecule has 1 atom stereocenters. The van der Waals surface area contributed by atoms with Crippen LogP contribution in [0, 0.1) is 5.82 Å². The summed E-state index contributed by atoms with van der Waals surface area (Å²) in [5.41, 5.74) is 1.62. The highest BCUT2D eigenvalue weighted by Crippen LogP contribution is 2.23. The number of sulfonamides is 1. The number of anilines is 1. The number of nitrogens with zero attached hydrogens (tertiary/aromatic N) is 2. The van der Waals surface area contributed by atoms with Gasteiger partial charge in [-0.25, -0.2) is 12.8 Å². The maximum atomic E-state index is 14.4. The van der Waals surface area contributed by atoms with E-state index in [4.69, 9.17) is 11.6 Å². The monoisotopic (exact) mass is 587 g/mol. The zero-order valence-electron chi connectivity index (χ0n) is 22.7. The standard InChI is InChI=1S/C30H35ClFN3O4S/c1-3-19-33-30(37)28(21-23-10-5-4-6-11-23)34(22-24-15-17-25(31)18-16-24)29(36)14-9-20-35(40(2,38)39)27-13-8-7-12-26(27)32/h4-8,10-13,15-18,28H,3,9,14,19-22H2,1-2H3,(H,33,37)/t28-/m1/s1. The fourth-order valence-electron chi connectivity index (χ4n) is 4.34. The summed E-state index contributed by atoms with van der Waals surface area (Å²) in [6.07, 6.45) is 2.14. The normalized spacial score (nSPS) is 12.0. The molecule has 0 unspecified atom stereocenters. The molecule has 0 aliphatic carbocycles. The van der Waals surface area contributed by atoms with Crippen molar-refractivity contribution < 1.29 is 22.4 Å². The molecule has 40 heavy (non-hydrogen) atoms. The van der Waals surface area contributed by atoms with Gasteiger partial charge in [0.2, 0.25) is 21.8 Å². The second-order valence-electron chi connectivity index (χ2n) is 9.53. The van der Waals surface area contributed by atoms with Gasteiger partial charge in [0.05, 0.1) is 11.9 Å². The second kappa shape index (κ2) is 14.8. The summed E-state index contributed by atoms with van der Waals surface area (Å²) >= 11 is 6.06. The summed E-state index contributed by atoms with van der Waals surface area (Å²) in [5, 5.41) is 3.47. The maximum absolute atomic E-state index is 14.4. The van der Waals surface area contributed by atoms with E-state index in [9.17, 15) is 22.4 Å². The molecule has 2 amide bonds. The number of para-hydroxylation sites is 1. The fourth-order valence-corrected chi connectivity index (χ4v) is 5.43. The highest BCUT2D eigenvalue weighted by Gasteiger charge is 2.30. The minimum atomic E-state index is -3.80. The molecule has 214 valence electrons. The van der Waals surface area contributed by atoms with Gasteiger partial charge >= 0.3 is 0 Å². The molecule has 0 bridgehead atoms. The molecule has 0 fully saturated rings.